The zero-order chi connectivity index (χ0) is 11.7. The fraction of sp³-hybridized carbons (Fsp3) is 0.917. The molecule has 0 fully saturated rings. The van der Waals surface area contributed by atoms with E-state index in [2.05, 4.69) is 38.3 Å². The fourth-order valence-electron chi connectivity index (χ4n) is 1.41. The van der Waals surface area contributed by atoms with E-state index >= 15 is 0 Å². The first-order chi connectivity index (χ1) is 7.10. The zero-order valence-corrected chi connectivity index (χ0v) is 10.6. The van der Waals surface area contributed by atoms with E-state index in [0.717, 1.165) is 25.8 Å². The summed E-state index contributed by atoms with van der Waals surface area (Å²) in [4.78, 5) is 11.4. The van der Waals surface area contributed by atoms with Crippen LogP contribution in [0, 0.1) is 5.92 Å². The van der Waals surface area contributed by atoms with Crippen molar-refractivity contribution in [3.8, 4) is 0 Å². The molecule has 0 aliphatic heterocycles. The van der Waals surface area contributed by atoms with Crippen molar-refractivity contribution in [2.45, 2.75) is 53.0 Å². The molecule has 0 aromatic carbocycles. The van der Waals surface area contributed by atoms with E-state index in [1.807, 2.05) is 0 Å². The van der Waals surface area contributed by atoms with Gasteiger partial charge in [0.2, 0.25) is 5.91 Å². The topological polar surface area (TPSA) is 41.1 Å². The van der Waals surface area contributed by atoms with Crippen molar-refractivity contribution in [3.05, 3.63) is 0 Å². The quantitative estimate of drug-likeness (QED) is 0.648. The third kappa shape index (κ3) is 8.43. The Balaban J connectivity index is 3.48. The molecule has 0 aromatic heterocycles. The maximum Gasteiger partial charge on any atom is 0.234 e. The maximum absolute atomic E-state index is 11.4. The van der Waals surface area contributed by atoms with E-state index in [1.54, 1.807) is 0 Å². The first kappa shape index (κ1) is 14.4. The second-order valence-electron chi connectivity index (χ2n) is 4.40. The molecule has 0 spiro atoms. The number of rotatable bonds is 8. The number of hydrogen-bond donors (Lipinski definition) is 2. The predicted molar refractivity (Wildman–Crippen MR) is 64.8 cm³/mol. The standard InChI is InChI=1S/C12H26N2O/c1-5-7-11(4)14-12(15)9-13-8-10(3)6-2/h10-11,13H,5-9H2,1-4H3,(H,14,15). The molecule has 2 unspecified atom stereocenters. The molecule has 3 nitrogen and oxygen atoms in total. The molecule has 0 saturated carbocycles. The summed E-state index contributed by atoms with van der Waals surface area (Å²) in [5, 5.41) is 6.14. The summed E-state index contributed by atoms with van der Waals surface area (Å²) in [6.45, 7) is 9.89. The first-order valence-corrected chi connectivity index (χ1v) is 6.10. The van der Waals surface area contributed by atoms with E-state index in [-0.39, 0.29) is 5.91 Å². The highest BCUT2D eigenvalue weighted by atomic mass is 16.1. The second kappa shape index (κ2) is 8.72. The van der Waals surface area contributed by atoms with Gasteiger partial charge in [-0.2, -0.15) is 0 Å². The van der Waals surface area contributed by atoms with Gasteiger partial charge in [0.05, 0.1) is 6.54 Å². The van der Waals surface area contributed by atoms with Gasteiger partial charge in [0.15, 0.2) is 0 Å². The van der Waals surface area contributed by atoms with Gasteiger partial charge in [0.1, 0.15) is 0 Å². The molecule has 0 bridgehead atoms. The Kier molecular flexibility index (Phi) is 8.38. The Labute approximate surface area is 94.0 Å². The minimum Gasteiger partial charge on any atom is -0.353 e. The van der Waals surface area contributed by atoms with Gasteiger partial charge in [-0.15, -0.1) is 0 Å². The highest BCUT2D eigenvalue weighted by Crippen LogP contribution is 1.97. The fourth-order valence-corrected chi connectivity index (χ4v) is 1.41. The van der Waals surface area contributed by atoms with Gasteiger partial charge >= 0.3 is 0 Å². The van der Waals surface area contributed by atoms with Gasteiger partial charge in [-0.05, 0) is 25.8 Å². The third-order valence-corrected chi connectivity index (χ3v) is 2.60. The van der Waals surface area contributed by atoms with Crippen LogP contribution in [0.1, 0.15) is 47.0 Å². The Bertz CT molecular complexity index is 171. The van der Waals surface area contributed by atoms with Crippen molar-refractivity contribution in [1.29, 1.82) is 0 Å². The molecular weight excluding hydrogens is 188 g/mol. The van der Waals surface area contributed by atoms with Crippen molar-refractivity contribution in [2.24, 2.45) is 5.92 Å². The number of amides is 1. The number of carbonyl (C=O) groups is 1. The van der Waals surface area contributed by atoms with Crippen LogP contribution in [0.25, 0.3) is 0 Å². The summed E-state index contributed by atoms with van der Waals surface area (Å²) >= 11 is 0. The molecule has 0 aliphatic carbocycles. The lowest BCUT2D eigenvalue weighted by atomic mass is 10.1. The Morgan fingerprint density at radius 3 is 2.47 bits per heavy atom. The van der Waals surface area contributed by atoms with Crippen molar-refractivity contribution in [1.82, 2.24) is 10.6 Å². The summed E-state index contributed by atoms with van der Waals surface area (Å²) in [5.74, 6) is 0.755. The average Bonchev–Trinajstić information content (AvgIpc) is 2.17. The van der Waals surface area contributed by atoms with Gasteiger partial charge in [-0.1, -0.05) is 33.6 Å². The maximum atomic E-state index is 11.4. The molecule has 1 amide bonds. The van der Waals surface area contributed by atoms with Crippen LogP contribution in [0.15, 0.2) is 0 Å². The van der Waals surface area contributed by atoms with Crippen LogP contribution in [0.5, 0.6) is 0 Å². The molecule has 2 N–H and O–H groups in total. The lowest BCUT2D eigenvalue weighted by Crippen LogP contribution is -2.39. The highest BCUT2D eigenvalue weighted by Gasteiger charge is 2.06. The third-order valence-electron chi connectivity index (χ3n) is 2.60. The molecule has 0 saturated heterocycles. The van der Waals surface area contributed by atoms with Gasteiger partial charge in [-0.3, -0.25) is 4.79 Å². The SMILES string of the molecule is CCCC(C)NC(=O)CNCC(C)CC. The van der Waals surface area contributed by atoms with Crippen LogP contribution < -0.4 is 10.6 Å². The number of nitrogens with one attached hydrogen (secondary N) is 2. The Morgan fingerprint density at radius 2 is 1.93 bits per heavy atom. The lowest BCUT2D eigenvalue weighted by molar-refractivity contribution is -0.120. The van der Waals surface area contributed by atoms with Gasteiger partial charge in [0.25, 0.3) is 0 Å². The number of carbonyl (C=O) groups excluding carboxylic acids is 1. The normalized spacial score (nSPS) is 14.7. The second-order valence-corrected chi connectivity index (χ2v) is 4.40. The van der Waals surface area contributed by atoms with Crippen LogP contribution in [0.2, 0.25) is 0 Å². The van der Waals surface area contributed by atoms with Crippen molar-refractivity contribution >= 4 is 5.91 Å². The molecule has 0 radical (unpaired) electrons. The molecule has 2 atom stereocenters. The van der Waals surface area contributed by atoms with Crippen LogP contribution in [0.4, 0.5) is 0 Å². The molecular formula is C12H26N2O. The molecule has 90 valence electrons. The smallest absolute Gasteiger partial charge is 0.234 e. The van der Waals surface area contributed by atoms with E-state index in [9.17, 15) is 4.79 Å². The molecule has 15 heavy (non-hydrogen) atoms. The largest absolute Gasteiger partial charge is 0.353 e. The van der Waals surface area contributed by atoms with Crippen LogP contribution >= 0.6 is 0 Å². The zero-order valence-electron chi connectivity index (χ0n) is 10.6. The van der Waals surface area contributed by atoms with Gasteiger partial charge in [0, 0.05) is 6.04 Å². The summed E-state index contributed by atoms with van der Waals surface area (Å²) in [6, 6.07) is 0.299. The van der Waals surface area contributed by atoms with Gasteiger partial charge < -0.3 is 10.6 Å². The average molecular weight is 214 g/mol. The minimum atomic E-state index is 0.110. The predicted octanol–water partition coefficient (Wildman–Crippen LogP) is 1.93. The molecule has 0 rings (SSSR count). The van der Waals surface area contributed by atoms with Crippen molar-refractivity contribution in [3.63, 3.8) is 0 Å². The van der Waals surface area contributed by atoms with E-state index in [0.29, 0.717) is 18.5 Å². The van der Waals surface area contributed by atoms with E-state index < -0.39 is 0 Å². The molecule has 3 heteroatoms. The van der Waals surface area contributed by atoms with Gasteiger partial charge in [-0.25, -0.2) is 0 Å². The monoisotopic (exact) mass is 214 g/mol. The Morgan fingerprint density at radius 1 is 1.27 bits per heavy atom. The highest BCUT2D eigenvalue weighted by molar-refractivity contribution is 5.78. The van der Waals surface area contributed by atoms with Crippen LogP contribution in [0.3, 0.4) is 0 Å². The van der Waals surface area contributed by atoms with Crippen LogP contribution in [-0.2, 0) is 4.79 Å². The molecule has 0 aliphatic rings. The Hall–Kier alpha value is -0.570. The van der Waals surface area contributed by atoms with E-state index in [1.165, 1.54) is 0 Å². The summed E-state index contributed by atoms with van der Waals surface area (Å²) < 4.78 is 0. The summed E-state index contributed by atoms with van der Waals surface area (Å²) in [7, 11) is 0. The van der Waals surface area contributed by atoms with Crippen molar-refractivity contribution < 1.29 is 4.79 Å². The molecule has 0 heterocycles. The molecule has 0 aromatic rings. The first-order valence-electron chi connectivity index (χ1n) is 6.10. The summed E-state index contributed by atoms with van der Waals surface area (Å²) in [6.07, 6.45) is 3.32. The summed E-state index contributed by atoms with van der Waals surface area (Å²) in [5.41, 5.74) is 0. The number of hydrogen-bond acceptors (Lipinski definition) is 2. The van der Waals surface area contributed by atoms with Crippen molar-refractivity contribution in [2.75, 3.05) is 13.1 Å². The lowest BCUT2D eigenvalue weighted by Gasteiger charge is -2.14. The van der Waals surface area contributed by atoms with Crippen LogP contribution in [-0.4, -0.2) is 25.0 Å². The van der Waals surface area contributed by atoms with E-state index in [4.69, 9.17) is 0 Å². The minimum absolute atomic E-state index is 0.110.